The number of methoxy groups -OCH3 is 2. The molecule has 0 bridgehead atoms. The molecule has 1 unspecified atom stereocenters. The highest BCUT2D eigenvalue weighted by molar-refractivity contribution is 6.48. The minimum absolute atomic E-state index is 0.160. The highest BCUT2D eigenvalue weighted by Gasteiger charge is 2.54. The van der Waals surface area contributed by atoms with Crippen LogP contribution in [-0.4, -0.2) is 57.0 Å². The molecule has 0 radical (unpaired) electrons. The van der Waals surface area contributed by atoms with Crippen molar-refractivity contribution >= 4 is 13.0 Å². The van der Waals surface area contributed by atoms with Gasteiger partial charge in [0.25, 0.3) is 0 Å². The van der Waals surface area contributed by atoms with Crippen LogP contribution in [0.4, 0.5) is 0 Å². The number of nitrogens with one attached hydrogen (secondary N) is 1. The van der Waals surface area contributed by atoms with E-state index in [1.807, 2.05) is 39.8 Å². The van der Waals surface area contributed by atoms with Crippen molar-refractivity contribution in [3.8, 4) is 5.75 Å². The van der Waals surface area contributed by atoms with Crippen molar-refractivity contribution in [3.63, 3.8) is 0 Å². The van der Waals surface area contributed by atoms with Gasteiger partial charge in [-0.3, -0.25) is 4.79 Å². The van der Waals surface area contributed by atoms with Crippen molar-refractivity contribution in [2.45, 2.75) is 70.1 Å². The molecular weight excluding hydrogens is 371 g/mol. The number of carbonyl (C=O) groups excluding carboxylic acids is 1. The van der Waals surface area contributed by atoms with Gasteiger partial charge in [0.1, 0.15) is 11.8 Å². The average molecular weight is 406 g/mol. The van der Waals surface area contributed by atoms with Crippen LogP contribution in [0.5, 0.6) is 5.75 Å². The van der Waals surface area contributed by atoms with Gasteiger partial charge in [0.2, 0.25) is 5.91 Å². The van der Waals surface area contributed by atoms with E-state index in [1.165, 1.54) is 12.7 Å². The maximum atomic E-state index is 12.5. The molecule has 29 heavy (non-hydrogen) atoms. The number of rotatable bonds is 10. The number of carbonyl (C=O) groups is 1. The van der Waals surface area contributed by atoms with Crippen molar-refractivity contribution in [1.29, 1.82) is 0 Å². The van der Waals surface area contributed by atoms with Gasteiger partial charge in [0.05, 0.1) is 30.9 Å². The number of nitrogens with two attached hydrogens (primary N) is 1. The van der Waals surface area contributed by atoms with Gasteiger partial charge in [0.15, 0.2) is 0 Å². The van der Waals surface area contributed by atoms with Gasteiger partial charge in [-0.1, -0.05) is 12.1 Å². The van der Waals surface area contributed by atoms with E-state index < -0.39 is 24.4 Å². The van der Waals surface area contributed by atoms with E-state index in [0.29, 0.717) is 6.42 Å². The molecule has 1 aliphatic rings. The Hall–Kier alpha value is -1.61. The van der Waals surface area contributed by atoms with Gasteiger partial charge in [-0.15, -0.1) is 0 Å². The molecule has 0 aliphatic carbocycles. The fourth-order valence-corrected chi connectivity index (χ4v) is 3.19. The molecule has 0 spiro atoms. The molecule has 7 nitrogen and oxygen atoms in total. The first-order chi connectivity index (χ1) is 13.6. The lowest BCUT2D eigenvalue weighted by molar-refractivity contribution is -0.123. The second kappa shape index (κ2) is 9.93. The van der Waals surface area contributed by atoms with Crippen LogP contribution in [0.15, 0.2) is 24.3 Å². The number of hydrogen-bond donors (Lipinski definition) is 2. The summed E-state index contributed by atoms with van der Waals surface area (Å²) in [4.78, 5) is 12.5. The second-order valence-electron chi connectivity index (χ2n) is 8.54. The van der Waals surface area contributed by atoms with Crippen molar-refractivity contribution in [2.75, 3.05) is 20.8 Å². The summed E-state index contributed by atoms with van der Waals surface area (Å²) in [5, 5.41) is 3.01. The molecule has 1 aromatic rings. The average Bonchev–Trinajstić information content (AvgIpc) is 2.88. The largest absolute Gasteiger partial charge is 0.497 e. The van der Waals surface area contributed by atoms with Gasteiger partial charge in [0, 0.05) is 7.11 Å². The van der Waals surface area contributed by atoms with E-state index in [4.69, 9.17) is 24.5 Å². The SMILES string of the molecule is COCC(N)C(=O)N[C@@H](CCCc1ccc(OC)cc1)B1OC(C)(C)C(C)(C)O1. The van der Waals surface area contributed by atoms with Gasteiger partial charge < -0.3 is 29.8 Å². The highest BCUT2D eigenvalue weighted by Crippen LogP contribution is 2.38. The fraction of sp³-hybridized carbons (Fsp3) is 0.667. The Morgan fingerprint density at radius 3 is 2.24 bits per heavy atom. The molecule has 2 rings (SSSR count). The van der Waals surface area contributed by atoms with E-state index in [2.05, 4.69) is 17.4 Å². The van der Waals surface area contributed by atoms with Crippen LogP contribution in [0.3, 0.4) is 0 Å². The summed E-state index contributed by atoms with van der Waals surface area (Å²) in [6, 6.07) is 7.27. The molecule has 1 aromatic carbocycles. The Balaban J connectivity index is 2.02. The molecule has 0 saturated carbocycles. The molecule has 1 amide bonds. The maximum Gasteiger partial charge on any atom is 0.481 e. The molecular formula is C21H35BN2O5. The fourth-order valence-electron chi connectivity index (χ4n) is 3.19. The zero-order valence-corrected chi connectivity index (χ0v) is 18.5. The quantitative estimate of drug-likeness (QED) is 0.579. The highest BCUT2D eigenvalue weighted by atomic mass is 16.7. The van der Waals surface area contributed by atoms with E-state index in [9.17, 15) is 4.79 Å². The Morgan fingerprint density at radius 1 is 1.14 bits per heavy atom. The van der Waals surface area contributed by atoms with Crippen LogP contribution in [-0.2, 0) is 25.3 Å². The molecule has 162 valence electrons. The lowest BCUT2D eigenvalue weighted by Gasteiger charge is -2.32. The Bertz CT molecular complexity index is 650. The number of aryl methyl sites for hydroxylation is 1. The molecule has 3 N–H and O–H groups in total. The van der Waals surface area contributed by atoms with Gasteiger partial charge in [-0.25, -0.2) is 0 Å². The van der Waals surface area contributed by atoms with Crippen LogP contribution in [0, 0.1) is 0 Å². The Labute approximate surface area is 174 Å². The lowest BCUT2D eigenvalue weighted by Crippen LogP contribution is -2.53. The summed E-state index contributed by atoms with van der Waals surface area (Å²) < 4.78 is 22.5. The number of benzene rings is 1. The summed E-state index contributed by atoms with van der Waals surface area (Å²) in [5.74, 6) is 0.268. The summed E-state index contributed by atoms with van der Waals surface area (Å²) in [5.41, 5.74) is 6.17. The zero-order valence-electron chi connectivity index (χ0n) is 18.5. The van der Waals surface area contributed by atoms with Crippen molar-refractivity contribution < 1.29 is 23.6 Å². The van der Waals surface area contributed by atoms with E-state index in [-0.39, 0.29) is 18.5 Å². The van der Waals surface area contributed by atoms with Gasteiger partial charge >= 0.3 is 7.12 Å². The van der Waals surface area contributed by atoms with Crippen LogP contribution in [0.25, 0.3) is 0 Å². The molecule has 8 heteroatoms. The predicted molar refractivity (Wildman–Crippen MR) is 114 cm³/mol. The summed E-state index contributed by atoms with van der Waals surface area (Å²) in [6.07, 6.45) is 2.44. The van der Waals surface area contributed by atoms with Crippen molar-refractivity contribution in [3.05, 3.63) is 29.8 Å². The molecule has 0 aromatic heterocycles. The first-order valence-electron chi connectivity index (χ1n) is 10.1. The van der Waals surface area contributed by atoms with Crippen LogP contribution in [0.1, 0.15) is 46.1 Å². The minimum atomic E-state index is -0.730. The van der Waals surface area contributed by atoms with Crippen LogP contribution in [0.2, 0.25) is 0 Å². The lowest BCUT2D eigenvalue weighted by atomic mass is 9.75. The Morgan fingerprint density at radius 2 is 1.72 bits per heavy atom. The molecule has 1 saturated heterocycles. The normalized spacial score (nSPS) is 19.6. The summed E-state index contributed by atoms with van der Waals surface area (Å²) >= 11 is 0. The maximum absolute atomic E-state index is 12.5. The standard InChI is InChI=1S/C21H35BN2O5/c1-20(2)21(3,4)29-22(28-20)18(24-19(25)17(23)14-26-5)9-7-8-15-10-12-16(27-6)13-11-15/h10-13,17-18H,7-9,14,23H2,1-6H3,(H,24,25)/t17?,18-/m0/s1. The van der Waals surface area contributed by atoms with E-state index in [1.54, 1.807) is 7.11 Å². The minimum Gasteiger partial charge on any atom is -0.497 e. The third-order valence-corrected chi connectivity index (χ3v) is 5.75. The molecule has 2 atom stereocenters. The third kappa shape index (κ3) is 6.19. The third-order valence-electron chi connectivity index (χ3n) is 5.75. The van der Waals surface area contributed by atoms with Crippen LogP contribution >= 0.6 is 0 Å². The summed E-state index contributed by atoms with van der Waals surface area (Å²) in [6.45, 7) is 8.16. The van der Waals surface area contributed by atoms with Gasteiger partial charge in [-0.05, 0) is 64.7 Å². The smallest absolute Gasteiger partial charge is 0.481 e. The number of hydrogen-bond acceptors (Lipinski definition) is 6. The zero-order chi connectivity index (χ0) is 21.7. The topological polar surface area (TPSA) is 92.0 Å². The van der Waals surface area contributed by atoms with Crippen LogP contribution < -0.4 is 15.8 Å². The molecule has 1 heterocycles. The van der Waals surface area contributed by atoms with E-state index in [0.717, 1.165) is 18.6 Å². The second-order valence-corrected chi connectivity index (χ2v) is 8.54. The first-order valence-corrected chi connectivity index (χ1v) is 10.1. The predicted octanol–water partition coefficient (Wildman–Crippen LogP) is 2.11. The van der Waals surface area contributed by atoms with E-state index >= 15 is 0 Å². The van der Waals surface area contributed by atoms with Crippen molar-refractivity contribution in [1.82, 2.24) is 5.32 Å². The summed E-state index contributed by atoms with van der Waals surface area (Å²) in [7, 11) is 2.64. The Kier molecular flexibility index (Phi) is 8.11. The molecule has 1 fully saturated rings. The monoisotopic (exact) mass is 406 g/mol. The van der Waals surface area contributed by atoms with Crippen molar-refractivity contribution in [2.24, 2.45) is 5.73 Å². The number of amides is 1. The molecule has 1 aliphatic heterocycles. The first kappa shape index (κ1) is 23.7. The number of ether oxygens (including phenoxy) is 2. The van der Waals surface area contributed by atoms with Gasteiger partial charge in [-0.2, -0.15) is 0 Å².